The first-order chi connectivity index (χ1) is 19.9. The maximum atomic E-state index is 14.4. The van der Waals surface area contributed by atoms with Gasteiger partial charge in [-0.15, -0.1) is 0 Å². The summed E-state index contributed by atoms with van der Waals surface area (Å²) in [6, 6.07) is 9.20. The monoisotopic (exact) mass is 582 g/mol. The molecule has 1 amide bonds. The van der Waals surface area contributed by atoms with Crippen molar-refractivity contribution in [3.63, 3.8) is 0 Å². The van der Waals surface area contributed by atoms with Gasteiger partial charge in [-0.05, 0) is 69.9 Å². The van der Waals surface area contributed by atoms with Gasteiger partial charge in [0.2, 0.25) is 0 Å². The Morgan fingerprint density at radius 2 is 1.88 bits per heavy atom. The van der Waals surface area contributed by atoms with Gasteiger partial charge in [0.25, 0.3) is 5.56 Å². The Labute approximate surface area is 245 Å². The minimum absolute atomic E-state index is 0.130. The molecular formula is C31H39FN4O6. The third kappa shape index (κ3) is 7.25. The molecule has 1 aliphatic rings. The van der Waals surface area contributed by atoms with Crippen LogP contribution in [0.5, 0.6) is 5.75 Å². The van der Waals surface area contributed by atoms with Crippen LogP contribution in [0.1, 0.15) is 44.7 Å². The average molecular weight is 583 g/mol. The lowest BCUT2D eigenvalue weighted by Gasteiger charge is -2.42. The summed E-state index contributed by atoms with van der Waals surface area (Å²) in [4.78, 5) is 47.0. The van der Waals surface area contributed by atoms with Crippen LogP contribution >= 0.6 is 0 Å². The number of amides is 1. The van der Waals surface area contributed by atoms with Gasteiger partial charge >= 0.3 is 12.1 Å². The number of piperidine rings is 1. The van der Waals surface area contributed by atoms with Crippen LogP contribution in [0.2, 0.25) is 0 Å². The molecule has 2 unspecified atom stereocenters. The van der Waals surface area contributed by atoms with Gasteiger partial charge in [-0.2, -0.15) is 0 Å². The van der Waals surface area contributed by atoms with Crippen molar-refractivity contribution in [1.29, 1.82) is 0 Å². The minimum atomic E-state index is -0.737. The summed E-state index contributed by atoms with van der Waals surface area (Å²) < 4.78 is 32.2. The molecule has 0 aliphatic carbocycles. The van der Waals surface area contributed by atoms with Crippen molar-refractivity contribution >= 4 is 23.1 Å². The molecule has 2 aromatic carbocycles. The quantitative estimate of drug-likeness (QED) is 0.363. The minimum Gasteiger partial charge on any atom is -0.497 e. The second-order valence-corrected chi connectivity index (χ2v) is 11.5. The normalized spacial score (nSPS) is 17.6. The fraction of sp³-hybridized carbons (Fsp3) is 0.484. The average Bonchev–Trinajstić information content (AvgIpc) is 2.95. The highest BCUT2D eigenvalue weighted by Gasteiger charge is 2.39. The Hall–Kier alpha value is -3.99. The van der Waals surface area contributed by atoms with Gasteiger partial charge in [-0.25, -0.2) is 14.2 Å². The van der Waals surface area contributed by atoms with E-state index < -0.39 is 23.7 Å². The number of ether oxygens (including phenoxy) is 3. The largest absolute Gasteiger partial charge is 0.497 e. The number of carbonyl (C=O) groups is 2. The zero-order valence-electron chi connectivity index (χ0n) is 25.1. The van der Waals surface area contributed by atoms with E-state index in [4.69, 9.17) is 14.2 Å². The number of fused-ring (bicyclic) bond motifs is 1. The molecule has 226 valence electrons. The van der Waals surface area contributed by atoms with Crippen molar-refractivity contribution in [2.24, 2.45) is 0 Å². The summed E-state index contributed by atoms with van der Waals surface area (Å²) in [5.74, 6) is -0.179. The number of carbonyl (C=O) groups excluding carboxylic acids is 2. The fourth-order valence-electron chi connectivity index (χ4n) is 5.25. The summed E-state index contributed by atoms with van der Waals surface area (Å²) >= 11 is 0. The van der Waals surface area contributed by atoms with Gasteiger partial charge < -0.3 is 23.7 Å². The molecule has 0 bridgehead atoms. The summed E-state index contributed by atoms with van der Waals surface area (Å²) in [7, 11) is 2.89. The molecule has 1 aromatic heterocycles. The van der Waals surface area contributed by atoms with Crippen molar-refractivity contribution in [2.45, 2.75) is 71.3 Å². The standard InChI is InChI=1S/C31H39FN4O6/c1-20-7-8-21(15-24(20)32)19-36(30(39)42-31(2,3)4)22-11-12-34(27(16-22)29(38)41-6)13-14-35-26-17-23(40-5)9-10-25(26)33-18-28(35)37/h7-10,15,17-18,22,27H,11-14,16,19H2,1-6H3. The van der Waals surface area contributed by atoms with Crippen LogP contribution in [-0.2, 0) is 27.4 Å². The molecule has 0 spiro atoms. The molecule has 42 heavy (non-hydrogen) atoms. The van der Waals surface area contributed by atoms with Crippen molar-refractivity contribution in [2.75, 3.05) is 27.3 Å². The number of nitrogens with zero attached hydrogens (tertiary/aromatic N) is 4. The number of hydrogen-bond acceptors (Lipinski definition) is 8. The number of benzene rings is 2. The molecule has 1 fully saturated rings. The van der Waals surface area contributed by atoms with E-state index in [1.165, 1.54) is 19.4 Å². The lowest BCUT2D eigenvalue weighted by molar-refractivity contribution is -0.149. The van der Waals surface area contributed by atoms with Crippen LogP contribution in [-0.4, -0.2) is 76.4 Å². The van der Waals surface area contributed by atoms with E-state index in [2.05, 4.69) is 4.98 Å². The van der Waals surface area contributed by atoms with Gasteiger partial charge in [-0.1, -0.05) is 12.1 Å². The van der Waals surface area contributed by atoms with Crippen LogP contribution in [0.15, 0.2) is 47.4 Å². The van der Waals surface area contributed by atoms with E-state index in [0.717, 1.165) is 0 Å². The number of hydrogen-bond donors (Lipinski definition) is 0. The summed E-state index contributed by atoms with van der Waals surface area (Å²) in [6.45, 7) is 8.33. The Bertz CT molecular complexity index is 1500. The third-order valence-corrected chi connectivity index (χ3v) is 7.48. The van der Waals surface area contributed by atoms with Crippen molar-refractivity contribution in [3.8, 4) is 5.75 Å². The molecule has 2 heterocycles. The number of esters is 1. The Kier molecular flexibility index (Phi) is 9.50. The highest BCUT2D eigenvalue weighted by molar-refractivity contribution is 5.77. The van der Waals surface area contributed by atoms with Crippen LogP contribution in [0.3, 0.4) is 0 Å². The van der Waals surface area contributed by atoms with Gasteiger partial charge in [0, 0.05) is 38.3 Å². The van der Waals surface area contributed by atoms with E-state index in [1.807, 2.05) is 4.90 Å². The van der Waals surface area contributed by atoms with Crippen molar-refractivity contribution in [3.05, 3.63) is 69.9 Å². The second kappa shape index (κ2) is 12.9. The predicted molar refractivity (Wildman–Crippen MR) is 156 cm³/mol. The van der Waals surface area contributed by atoms with Gasteiger partial charge in [0.15, 0.2) is 0 Å². The molecule has 11 heteroatoms. The lowest BCUT2D eigenvalue weighted by Crippen LogP contribution is -2.55. The van der Waals surface area contributed by atoms with E-state index >= 15 is 0 Å². The van der Waals surface area contributed by atoms with Crippen LogP contribution < -0.4 is 10.3 Å². The maximum absolute atomic E-state index is 14.4. The van der Waals surface area contributed by atoms with Gasteiger partial charge in [0.05, 0.1) is 31.4 Å². The number of methoxy groups -OCH3 is 2. The predicted octanol–water partition coefficient (Wildman–Crippen LogP) is 4.30. The highest BCUT2D eigenvalue weighted by atomic mass is 19.1. The summed E-state index contributed by atoms with van der Waals surface area (Å²) in [5, 5.41) is 0. The fourth-order valence-corrected chi connectivity index (χ4v) is 5.25. The molecular weight excluding hydrogens is 543 g/mol. The molecule has 0 radical (unpaired) electrons. The van der Waals surface area contributed by atoms with Crippen molar-refractivity contribution < 1.29 is 28.2 Å². The van der Waals surface area contributed by atoms with E-state index in [1.54, 1.807) is 74.6 Å². The number of halogens is 1. The molecule has 10 nitrogen and oxygen atoms in total. The molecule has 4 rings (SSSR count). The first-order valence-electron chi connectivity index (χ1n) is 14.0. The Morgan fingerprint density at radius 3 is 2.55 bits per heavy atom. The van der Waals surface area contributed by atoms with Crippen molar-refractivity contribution in [1.82, 2.24) is 19.4 Å². The lowest BCUT2D eigenvalue weighted by atomic mass is 9.95. The molecule has 2 atom stereocenters. The number of aryl methyl sites for hydroxylation is 1. The number of aromatic nitrogens is 2. The SMILES string of the molecule is COC(=O)C1CC(N(Cc2ccc(C)c(F)c2)C(=O)OC(C)(C)C)CCN1CCn1c(=O)cnc2ccc(OC)cc21. The zero-order valence-corrected chi connectivity index (χ0v) is 25.1. The Morgan fingerprint density at radius 1 is 1.12 bits per heavy atom. The Balaban J connectivity index is 1.58. The zero-order chi connectivity index (χ0) is 30.6. The maximum Gasteiger partial charge on any atom is 0.410 e. The molecule has 0 N–H and O–H groups in total. The van der Waals surface area contributed by atoms with Crippen LogP contribution in [0.4, 0.5) is 9.18 Å². The van der Waals surface area contributed by atoms with Crippen LogP contribution in [0, 0.1) is 12.7 Å². The molecule has 0 saturated carbocycles. The van der Waals surface area contributed by atoms with E-state index in [-0.39, 0.29) is 24.0 Å². The number of rotatable bonds is 8. The summed E-state index contributed by atoms with van der Waals surface area (Å²) in [6.07, 6.45) is 1.58. The third-order valence-electron chi connectivity index (χ3n) is 7.48. The molecule has 1 aliphatic heterocycles. The molecule has 3 aromatic rings. The molecule has 1 saturated heterocycles. The smallest absolute Gasteiger partial charge is 0.410 e. The first kappa shape index (κ1) is 31.0. The second-order valence-electron chi connectivity index (χ2n) is 11.5. The van der Waals surface area contributed by atoms with E-state index in [0.29, 0.717) is 60.4 Å². The van der Waals surface area contributed by atoms with Gasteiger partial charge in [-0.3, -0.25) is 14.5 Å². The topological polar surface area (TPSA) is 103 Å². The van der Waals surface area contributed by atoms with Gasteiger partial charge in [0.1, 0.15) is 23.2 Å². The van der Waals surface area contributed by atoms with Crippen LogP contribution in [0.25, 0.3) is 11.0 Å². The highest BCUT2D eigenvalue weighted by Crippen LogP contribution is 2.27. The van der Waals surface area contributed by atoms with E-state index in [9.17, 15) is 18.8 Å². The first-order valence-corrected chi connectivity index (χ1v) is 14.0. The summed E-state index contributed by atoms with van der Waals surface area (Å²) in [5.41, 5.74) is 1.43. The number of likely N-dealkylation sites (tertiary alicyclic amines) is 1.